The van der Waals surface area contributed by atoms with Crippen molar-refractivity contribution in [2.45, 2.75) is 11.8 Å². The highest BCUT2D eigenvalue weighted by Crippen LogP contribution is 2.21. The fourth-order valence-corrected chi connectivity index (χ4v) is 3.27. The molecule has 0 aliphatic rings. The van der Waals surface area contributed by atoms with Gasteiger partial charge in [0.25, 0.3) is 10.0 Å². The first-order chi connectivity index (χ1) is 12.3. The summed E-state index contributed by atoms with van der Waals surface area (Å²) in [6, 6.07) is 9.47. The SMILES string of the molecule is CC(=O)Nc1ccc(S(=O)(=O)Nc2ccc(-n3cncn3)c(F)c2)cc1. The van der Waals surface area contributed by atoms with E-state index in [1.807, 2.05) is 0 Å². The average Bonchev–Trinajstić information content (AvgIpc) is 3.08. The third-order valence-electron chi connectivity index (χ3n) is 3.35. The molecular weight excluding hydrogens is 361 g/mol. The van der Waals surface area contributed by atoms with Crippen molar-refractivity contribution < 1.29 is 17.6 Å². The Morgan fingerprint density at radius 1 is 1.12 bits per heavy atom. The molecule has 0 saturated carbocycles. The van der Waals surface area contributed by atoms with Gasteiger partial charge in [-0.3, -0.25) is 9.52 Å². The number of aromatic nitrogens is 3. The van der Waals surface area contributed by atoms with E-state index in [1.54, 1.807) is 0 Å². The van der Waals surface area contributed by atoms with Crippen LogP contribution in [0, 0.1) is 5.82 Å². The quantitative estimate of drug-likeness (QED) is 0.711. The Hall–Kier alpha value is -3.27. The van der Waals surface area contributed by atoms with Gasteiger partial charge in [0.2, 0.25) is 5.91 Å². The van der Waals surface area contributed by atoms with Crippen LogP contribution in [0.25, 0.3) is 5.69 Å². The first kappa shape index (κ1) is 17.5. The lowest BCUT2D eigenvalue weighted by atomic mass is 10.3. The summed E-state index contributed by atoms with van der Waals surface area (Å²) >= 11 is 0. The van der Waals surface area contributed by atoms with E-state index in [1.165, 1.54) is 60.7 Å². The molecule has 0 spiro atoms. The number of rotatable bonds is 5. The maximum Gasteiger partial charge on any atom is 0.261 e. The first-order valence-corrected chi connectivity index (χ1v) is 8.88. The Labute approximate surface area is 148 Å². The van der Waals surface area contributed by atoms with Crippen molar-refractivity contribution in [2.75, 3.05) is 10.0 Å². The molecule has 3 aromatic rings. The molecule has 0 bridgehead atoms. The van der Waals surface area contributed by atoms with Gasteiger partial charge in [-0.2, -0.15) is 5.10 Å². The van der Waals surface area contributed by atoms with Gasteiger partial charge in [0, 0.05) is 18.7 Å². The number of halogens is 1. The van der Waals surface area contributed by atoms with Gasteiger partial charge in [-0.05, 0) is 36.4 Å². The van der Waals surface area contributed by atoms with E-state index in [2.05, 4.69) is 20.1 Å². The van der Waals surface area contributed by atoms with Crippen LogP contribution in [0.15, 0.2) is 60.0 Å². The highest BCUT2D eigenvalue weighted by atomic mass is 32.2. The minimum Gasteiger partial charge on any atom is -0.326 e. The molecule has 1 heterocycles. The molecule has 0 aliphatic carbocycles. The summed E-state index contributed by atoms with van der Waals surface area (Å²) in [6.07, 6.45) is 2.60. The largest absolute Gasteiger partial charge is 0.326 e. The molecule has 2 N–H and O–H groups in total. The second kappa shape index (κ2) is 6.92. The number of anilines is 2. The van der Waals surface area contributed by atoms with Gasteiger partial charge in [0.05, 0.1) is 10.6 Å². The third kappa shape index (κ3) is 3.86. The lowest BCUT2D eigenvalue weighted by Gasteiger charge is -2.10. The number of nitrogens with one attached hydrogen (secondary N) is 2. The number of hydrogen-bond donors (Lipinski definition) is 2. The van der Waals surface area contributed by atoms with Crippen LogP contribution in [-0.2, 0) is 14.8 Å². The molecule has 0 atom stereocenters. The normalized spacial score (nSPS) is 11.2. The molecule has 10 heteroatoms. The van der Waals surface area contributed by atoms with Crippen molar-refractivity contribution in [3.8, 4) is 5.69 Å². The zero-order valence-corrected chi connectivity index (χ0v) is 14.4. The number of nitrogens with zero attached hydrogens (tertiary/aromatic N) is 3. The van der Waals surface area contributed by atoms with Crippen molar-refractivity contribution in [2.24, 2.45) is 0 Å². The molecule has 1 amide bonds. The van der Waals surface area contributed by atoms with Crippen LogP contribution in [0.2, 0.25) is 0 Å². The summed E-state index contributed by atoms with van der Waals surface area (Å²) in [7, 11) is -3.91. The number of sulfonamides is 1. The Balaban J connectivity index is 1.81. The minimum absolute atomic E-state index is 0.0210. The number of amides is 1. The van der Waals surface area contributed by atoms with E-state index in [-0.39, 0.29) is 22.2 Å². The van der Waals surface area contributed by atoms with Crippen LogP contribution in [-0.4, -0.2) is 29.1 Å². The molecule has 0 fully saturated rings. The lowest BCUT2D eigenvalue weighted by molar-refractivity contribution is -0.114. The van der Waals surface area contributed by atoms with E-state index in [9.17, 15) is 17.6 Å². The Morgan fingerprint density at radius 3 is 2.38 bits per heavy atom. The second-order valence-electron chi connectivity index (χ2n) is 5.32. The molecule has 0 saturated heterocycles. The highest BCUT2D eigenvalue weighted by molar-refractivity contribution is 7.92. The van der Waals surface area contributed by atoms with Gasteiger partial charge in [-0.25, -0.2) is 22.5 Å². The number of hydrogen-bond acceptors (Lipinski definition) is 5. The van der Waals surface area contributed by atoms with Crippen molar-refractivity contribution in [3.05, 3.63) is 60.9 Å². The molecule has 0 radical (unpaired) electrons. The van der Waals surface area contributed by atoms with Crippen LogP contribution in [0.3, 0.4) is 0 Å². The van der Waals surface area contributed by atoms with E-state index in [0.29, 0.717) is 5.69 Å². The van der Waals surface area contributed by atoms with Crippen LogP contribution in [0.1, 0.15) is 6.92 Å². The van der Waals surface area contributed by atoms with Gasteiger partial charge in [0.15, 0.2) is 5.82 Å². The lowest BCUT2D eigenvalue weighted by Crippen LogP contribution is -2.13. The van der Waals surface area contributed by atoms with E-state index in [4.69, 9.17) is 0 Å². The van der Waals surface area contributed by atoms with Gasteiger partial charge in [0.1, 0.15) is 18.3 Å². The maximum absolute atomic E-state index is 14.2. The van der Waals surface area contributed by atoms with Crippen LogP contribution in [0.4, 0.5) is 15.8 Å². The predicted octanol–water partition coefficient (Wildman–Crippen LogP) is 2.17. The molecule has 134 valence electrons. The Kier molecular flexibility index (Phi) is 4.67. The Morgan fingerprint density at radius 2 is 1.81 bits per heavy atom. The summed E-state index contributed by atoms with van der Waals surface area (Å²) < 4.78 is 42.6. The standard InChI is InChI=1S/C16H14FN5O3S/c1-11(23)20-12-2-5-14(6-3-12)26(24,25)21-13-4-7-16(15(17)8-13)22-10-18-9-19-22/h2-10,21H,1H3,(H,20,23). The van der Waals surface area contributed by atoms with Crippen molar-refractivity contribution >= 4 is 27.3 Å². The molecular formula is C16H14FN5O3S. The van der Waals surface area contributed by atoms with Gasteiger partial charge in [-0.1, -0.05) is 0 Å². The molecule has 0 aliphatic heterocycles. The highest BCUT2D eigenvalue weighted by Gasteiger charge is 2.16. The number of benzene rings is 2. The fourth-order valence-electron chi connectivity index (χ4n) is 2.22. The smallest absolute Gasteiger partial charge is 0.261 e. The maximum atomic E-state index is 14.2. The van der Waals surface area contributed by atoms with Gasteiger partial charge in [-0.15, -0.1) is 0 Å². The third-order valence-corrected chi connectivity index (χ3v) is 4.75. The van der Waals surface area contributed by atoms with Crippen molar-refractivity contribution in [3.63, 3.8) is 0 Å². The van der Waals surface area contributed by atoms with Crippen LogP contribution in [0.5, 0.6) is 0 Å². The van der Waals surface area contributed by atoms with E-state index in [0.717, 1.165) is 6.07 Å². The van der Waals surface area contributed by atoms with Gasteiger partial charge < -0.3 is 5.32 Å². The van der Waals surface area contributed by atoms with E-state index >= 15 is 0 Å². The van der Waals surface area contributed by atoms with Crippen molar-refractivity contribution in [1.82, 2.24) is 14.8 Å². The zero-order chi connectivity index (χ0) is 18.7. The Bertz CT molecular complexity index is 1030. The zero-order valence-electron chi connectivity index (χ0n) is 13.5. The summed E-state index contributed by atoms with van der Waals surface area (Å²) in [5, 5.41) is 6.37. The first-order valence-electron chi connectivity index (χ1n) is 7.40. The average molecular weight is 375 g/mol. The number of carbonyl (C=O) groups is 1. The molecule has 26 heavy (non-hydrogen) atoms. The molecule has 2 aromatic carbocycles. The fraction of sp³-hybridized carbons (Fsp3) is 0.0625. The monoisotopic (exact) mass is 375 g/mol. The second-order valence-corrected chi connectivity index (χ2v) is 7.00. The minimum atomic E-state index is -3.91. The number of carbonyl (C=O) groups excluding carboxylic acids is 1. The summed E-state index contributed by atoms with van der Waals surface area (Å²) in [5.74, 6) is -0.918. The van der Waals surface area contributed by atoms with E-state index < -0.39 is 15.8 Å². The topological polar surface area (TPSA) is 106 Å². The van der Waals surface area contributed by atoms with Gasteiger partial charge >= 0.3 is 0 Å². The summed E-state index contributed by atoms with van der Waals surface area (Å²) in [6.45, 7) is 1.35. The summed E-state index contributed by atoms with van der Waals surface area (Å²) in [4.78, 5) is 14.7. The molecule has 3 rings (SSSR count). The van der Waals surface area contributed by atoms with Crippen molar-refractivity contribution in [1.29, 1.82) is 0 Å². The molecule has 0 unspecified atom stereocenters. The molecule has 1 aromatic heterocycles. The predicted molar refractivity (Wildman–Crippen MR) is 92.9 cm³/mol. The summed E-state index contributed by atoms with van der Waals surface area (Å²) in [5.41, 5.74) is 0.682. The molecule has 8 nitrogen and oxygen atoms in total. The van der Waals surface area contributed by atoms with Crippen LogP contribution < -0.4 is 10.0 Å². The van der Waals surface area contributed by atoms with Crippen LogP contribution >= 0.6 is 0 Å².